The normalized spacial score (nSPS) is 36.9. The van der Waals surface area contributed by atoms with E-state index in [-0.39, 0.29) is 84.1 Å². The molecule has 1 aromatic carbocycles. The molecule has 6 nitrogen and oxygen atoms in total. The third kappa shape index (κ3) is 3.29. The second kappa shape index (κ2) is 8.33. The molecule has 2 saturated carbocycles. The summed E-state index contributed by atoms with van der Waals surface area (Å²) in [6.45, 7) is 12.2. The van der Waals surface area contributed by atoms with Crippen LogP contribution in [-0.2, 0) is 32.3 Å². The van der Waals surface area contributed by atoms with Crippen LogP contribution in [0, 0.1) is 47.3 Å². The SMILES string of the molecule is C=CC1CC(C)C2C(=O)N(Cc3cccc(CN4C(=O)C5C(C)CC(C=C)C5C4=O)c3)C(=O)C12. The molecule has 0 radical (unpaired) electrons. The van der Waals surface area contributed by atoms with Crippen LogP contribution in [0.25, 0.3) is 0 Å². The number of carbonyl (C=O) groups excluding carboxylic acids is 4. The zero-order valence-electron chi connectivity index (χ0n) is 19.9. The van der Waals surface area contributed by atoms with Crippen molar-refractivity contribution in [2.75, 3.05) is 0 Å². The summed E-state index contributed by atoms with van der Waals surface area (Å²) in [5.41, 5.74) is 1.64. The zero-order valence-corrected chi connectivity index (χ0v) is 19.9. The van der Waals surface area contributed by atoms with Crippen molar-refractivity contribution in [3.05, 3.63) is 60.7 Å². The Morgan fingerprint density at radius 1 is 0.735 bits per heavy atom. The van der Waals surface area contributed by atoms with Gasteiger partial charge in [-0.05, 0) is 47.6 Å². The van der Waals surface area contributed by atoms with Crippen molar-refractivity contribution in [1.29, 1.82) is 0 Å². The van der Waals surface area contributed by atoms with Crippen molar-refractivity contribution in [2.45, 2.75) is 39.8 Å². The predicted molar refractivity (Wildman–Crippen MR) is 126 cm³/mol. The Morgan fingerprint density at radius 2 is 1.12 bits per heavy atom. The Balaban J connectivity index is 1.32. The highest BCUT2D eigenvalue weighted by molar-refractivity contribution is 6.06. The van der Waals surface area contributed by atoms with Crippen LogP contribution < -0.4 is 0 Å². The summed E-state index contributed by atoms with van der Waals surface area (Å²) in [6, 6.07) is 7.51. The Kier molecular flexibility index (Phi) is 5.58. The van der Waals surface area contributed by atoms with E-state index in [1.165, 1.54) is 9.80 Å². The number of hydrogen-bond acceptors (Lipinski definition) is 4. The van der Waals surface area contributed by atoms with Gasteiger partial charge in [0.1, 0.15) is 0 Å². The Labute approximate surface area is 200 Å². The lowest BCUT2D eigenvalue weighted by atomic mass is 9.90. The fraction of sp³-hybridized carbons (Fsp3) is 0.500. The van der Waals surface area contributed by atoms with Crippen LogP contribution in [0.1, 0.15) is 37.8 Å². The molecule has 178 valence electrons. The fourth-order valence-electron chi connectivity index (χ4n) is 7.08. The lowest BCUT2D eigenvalue weighted by Gasteiger charge is -2.21. The second-order valence-corrected chi connectivity index (χ2v) is 10.7. The van der Waals surface area contributed by atoms with Crippen LogP contribution >= 0.6 is 0 Å². The molecular weight excluding hydrogens is 428 g/mol. The summed E-state index contributed by atoms with van der Waals surface area (Å²) in [4.78, 5) is 55.2. The maximum atomic E-state index is 13.1. The number of allylic oxidation sites excluding steroid dienone is 2. The van der Waals surface area contributed by atoms with Crippen molar-refractivity contribution in [3.8, 4) is 0 Å². The van der Waals surface area contributed by atoms with Crippen LogP contribution in [0.2, 0.25) is 0 Å². The van der Waals surface area contributed by atoms with Crippen molar-refractivity contribution in [2.24, 2.45) is 47.3 Å². The number of amides is 4. The molecule has 6 heteroatoms. The van der Waals surface area contributed by atoms with Gasteiger partial charge in [-0.1, -0.05) is 50.3 Å². The molecule has 34 heavy (non-hydrogen) atoms. The molecule has 2 heterocycles. The lowest BCUT2D eigenvalue weighted by Crippen LogP contribution is -2.33. The quantitative estimate of drug-likeness (QED) is 0.481. The van der Waals surface area contributed by atoms with Crippen LogP contribution in [-0.4, -0.2) is 33.4 Å². The first-order valence-corrected chi connectivity index (χ1v) is 12.3. The highest BCUT2D eigenvalue weighted by Crippen LogP contribution is 2.49. The van der Waals surface area contributed by atoms with Crippen LogP contribution in [0.4, 0.5) is 0 Å². The molecule has 4 aliphatic rings. The van der Waals surface area contributed by atoms with E-state index in [0.717, 1.165) is 24.0 Å². The van der Waals surface area contributed by atoms with Gasteiger partial charge in [-0.3, -0.25) is 29.0 Å². The minimum absolute atomic E-state index is 0.0428. The molecule has 0 bridgehead atoms. The molecule has 8 unspecified atom stereocenters. The molecule has 0 spiro atoms. The second-order valence-electron chi connectivity index (χ2n) is 10.7. The lowest BCUT2D eigenvalue weighted by molar-refractivity contribution is -0.143. The Morgan fingerprint density at radius 3 is 1.50 bits per heavy atom. The van der Waals surface area contributed by atoms with Crippen LogP contribution in [0.5, 0.6) is 0 Å². The molecule has 1 aromatic rings. The molecule has 0 N–H and O–H groups in total. The van der Waals surface area contributed by atoms with Crippen LogP contribution in [0.15, 0.2) is 49.6 Å². The monoisotopic (exact) mass is 460 g/mol. The molecule has 8 atom stereocenters. The predicted octanol–water partition coefficient (Wildman–Crippen LogP) is 3.57. The summed E-state index contributed by atoms with van der Waals surface area (Å²) in [5.74, 6) is -1.15. The number of likely N-dealkylation sites (tertiary alicyclic amines) is 2. The summed E-state index contributed by atoms with van der Waals surface area (Å²) < 4.78 is 0. The highest BCUT2D eigenvalue weighted by atomic mass is 16.2. The number of rotatable bonds is 6. The fourth-order valence-corrected chi connectivity index (χ4v) is 7.08. The molecule has 4 fully saturated rings. The van der Waals surface area contributed by atoms with Crippen molar-refractivity contribution in [3.63, 3.8) is 0 Å². The maximum Gasteiger partial charge on any atom is 0.234 e. The van der Waals surface area contributed by atoms with Crippen molar-refractivity contribution >= 4 is 23.6 Å². The summed E-state index contributed by atoms with van der Waals surface area (Å²) >= 11 is 0. The summed E-state index contributed by atoms with van der Waals surface area (Å²) in [6.07, 6.45) is 5.27. The summed E-state index contributed by atoms with van der Waals surface area (Å²) in [5, 5.41) is 0. The first kappa shape index (κ1) is 22.8. The number of hydrogen-bond donors (Lipinski definition) is 0. The average molecular weight is 461 g/mol. The van der Waals surface area contributed by atoms with Gasteiger partial charge >= 0.3 is 0 Å². The molecule has 4 amide bonds. The van der Waals surface area contributed by atoms with Gasteiger partial charge in [-0.25, -0.2) is 0 Å². The summed E-state index contributed by atoms with van der Waals surface area (Å²) in [7, 11) is 0. The first-order valence-electron chi connectivity index (χ1n) is 12.3. The maximum absolute atomic E-state index is 13.1. The van der Waals surface area contributed by atoms with Crippen LogP contribution in [0.3, 0.4) is 0 Å². The largest absolute Gasteiger partial charge is 0.278 e. The Hall–Kier alpha value is -3.02. The third-order valence-corrected chi connectivity index (χ3v) is 8.69. The molecule has 5 rings (SSSR count). The highest BCUT2D eigenvalue weighted by Gasteiger charge is 2.57. The van der Waals surface area contributed by atoms with Gasteiger partial charge in [-0.15, -0.1) is 13.2 Å². The minimum Gasteiger partial charge on any atom is -0.278 e. The van der Waals surface area contributed by atoms with Gasteiger partial charge in [0, 0.05) is 0 Å². The number of fused-ring (bicyclic) bond motifs is 2. The standard InChI is InChI=1S/C28H32N2O4/c1-5-19-10-15(3)21-23(19)27(33)29(25(21)31)13-17-8-7-9-18(12-17)14-30-26(32)22-16(4)11-20(6-2)24(22)28(30)34/h5-9,12,15-16,19-24H,1-2,10-11,13-14H2,3-4H3. The van der Waals surface area contributed by atoms with E-state index < -0.39 is 0 Å². The smallest absolute Gasteiger partial charge is 0.234 e. The number of imide groups is 2. The van der Waals surface area contributed by atoms with E-state index in [0.29, 0.717) is 0 Å². The zero-order chi connectivity index (χ0) is 24.3. The van der Waals surface area contributed by atoms with Crippen molar-refractivity contribution < 1.29 is 19.2 Å². The van der Waals surface area contributed by atoms with E-state index >= 15 is 0 Å². The van der Waals surface area contributed by atoms with Crippen molar-refractivity contribution in [1.82, 2.24) is 9.80 Å². The van der Waals surface area contributed by atoms with Gasteiger partial charge in [-0.2, -0.15) is 0 Å². The number of carbonyl (C=O) groups is 4. The molecule has 2 aliphatic carbocycles. The third-order valence-electron chi connectivity index (χ3n) is 8.69. The Bertz CT molecular complexity index is 1010. The molecule has 2 saturated heterocycles. The van der Waals surface area contributed by atoms with E-state index in [1.807, 2.05) is 50.3 Å². The minimum atomic E-state index is -0.303. The van der Waals surface area contributed by atoms with E-state index in [4.69, 9.17) is 0 Å². The van der Waals surface area contributed by atoms with Gasteiger partial charge < -0.3 is 0 Å². The van der Waals surface area contributed by atoms with Gasteiger partial charge in [0.15, 0.2) is 0 Å². The topological polar surface area (TPSA) is 74.8 Å². The molecular formula is C28H32N2O4. The average Bonchev–Trinajstić information content (AvgIpc) is 3.48. The molecule has 2 aliphatic heterocycles. The number of nitrogens with zero attached hydrogens (tertiary/aromatic N) is 2. The van der Waals surface area contributed by atoms with Gasteiger partial charge in [0.25, 0.3) is 0 Å². The first-order chi connectivity index (χ1) is 16.3. The van der Waals surface area contributed by atoms with E-state index in [1.54, 1.807) is 0 Å². The van der Waals surface area contributed by atoms with E-state index in [2.05, 4.69) is 13.2 Å². The van der Waals surface area contributed by atoms with E-state index in [9.17, 15) is 19.2 Å². The number of benzene rings is 1. The molecule has 0 aromatic heterocycles. The van der Waals surface area contributed by atoms with Gasteiger partial charge in [0.05, 0.1) is 36.8 Å². The van der Waals surface area contributed by atoms with Gasteiger partial charge in [0.2, 0.25) is 23.6 Å².